The number of halogens is 4. The zero-order chi connectivity index (χ0) is 25.5. The van der Waals surface area contributed by atoms with E-state index in [9.17, 15) is 31.1 Å². The Hall–Kier alpha value is -2.62. The van der Waals surface area contributed by atoms with Crippen LogP contribution in [0.5, 0.6) is 0 Å². The minimum absolute atomic E-state index is 0.00845. The summed E-state index contributed by atoms with van der Waals surface area (Å²) in [6.45, 7) is 1.05. The van der Waals surface area contributed by atoms with Gasteiger partial charge in [-0.05, 0) is 25.5 Å². The number of thiophene rings is 1. The van der Waals surface area contributed by atoms with Gasteiger partial charge in [-0.2, -0.15) is 22.6 Å². The van der Waals surface area contributed by atoms with Crippen molar-refractivity contribution in [2.75, 3.05) is 18.4 Å². The molecule has 1 saturated heterocycles. The standard InChI is InChI=1S/C20H22F4N6O3S2/c1-11(31)16-3-4-17(34-16)18-13(20(22,23)24)8-25-19(28-18)27-15-5-6-30(10-14(15)21)35(32,33)12-7-26-29(2)9-12/h3-4,7-9,11,14-15,31H,5-6,10H2,1-2H3,(H,25,27,28)/t11?,14-,15+/m1/s1. The second-order valence-corrected chi connectivity index (χ2v) is 11.2. The monoisotopic (exact) mass is 534 g/mol. The number of aliphatic hydroxyl groups is 1. The second kappa shape index (κ2) is 9.44. The van der Waals surface area contributed by atoms with Gasteiger partial charge in [-0.3, -0.25) is 4.68 Å². The summed E-state index contributed by atoms with van der Waals surface area (Å²) in [5.74, 6) is -0.212. The van der Waals surface area contributed by atoms with Crippen LogP contribution in [0.2, 0.25) is 0 Å². The van der Waals surface area contributed by atoms with Crippen molar-refractivity contribution in [3.63, 3.8) is 0 Å². The Kier molecular flexibility index (Phi) is 6.87. The van der Waals surface area contributed by atoms with E-state index in [1.807, 2.05) is 0 Å². The van der Waals surface area contributed by atoms with Crippen molar-refractivity contribution < 1.29 is 31.1 Å². The first kappa shape index (κ1) is 25.5. The van der Waals surface area contributed by atoms with E-state index in [4.69, 9.17) is 0 Å². The molecule has 0 aliphatic carbocycles. The van der Waals surface area contributed by atoms with Gasteiger partial charge in [0.15, 0.2) is 0 Å². The summed E-state index contributed by atoms with van der Waals surface area (Å²) in [5.41, 5.74) is -1.45. The van der Waals surface area contributed by atoms with Gasteiger partial charge in [-0.1, -0.05) is 0 Å². The lowest BCUT2D eigenvalue weighted by Gasteiger charge is -2.34. The van der Waals surface area contributed by atoms with Crippen molar-refractivity contribution in [1.82, 2.24) is 24.1 Å². The zero-order valence-corrected chi connectivity index (χ0v) is 20.2. The van der Waals surface area contributed by atoms with E-state index in [-0.39, 0.29) is 34.4 Å². The van der Waals surface area contributed by atoms with Crippen molar-refractivity contribution in [1.29, 1.82) is 0 Å². The molecule has 0 radical (unpaired) electrons. The van der Waals surface area contributed by atoms with Crippen molar-refractivity contribution in [2.45, 2.75) is 42.7 Å². The molecule has 0 aromatic carbocycles. The number of nitrogens with one attached hydrogen (secondary N) is 1. The highest BCUT2D eigenvalue weighted by Crippen LogP contribution is 2.39. The molecule has 2 N–H and O–H groups in total. The number of piperidine rings is 1. The fourth-order valence-electron chi connectivity index (χ4n) is 3.66. The molecule has 35 heavy (non-hydrogen) atoms. The van der Waals surface area contributed by atoms with Gasteiger partial charge in [0.2, 0.25) is 16.0 Å². The average molecular weight is 535 g/mol. The lowest BCUT2D eigenvalue weighted by molar-refractivity contribution is -0.137. The molecule has 0 saturated carbocycles. The Balaban J connectivity index is 1.54. The van der Waals surface area contributed by atoms with Crippen LogP contribution in [0, 0.1) is 0 Å². The van der Waals surface area contributed by atoms with E-state index < -0.39 is 46.6 Å². The minimum Gasteiger partial charge on any atom is -0.388 e. The molecule has 4 rings (SSSR count). The number of aromatic nitrogens is 4. The van der Waals surface area contributed by atoms with Gasteiger partial charge in [0.1, 0.15) is 16.6 Å². The van der Waals surface area contributed by atoms with Gasteiger partial charge < -0.3 is 10.4 Å². The van der Waals surface area contributed by atoms with Crippen LogP contribution in [-0.2, 0) is 23.2 Å². The lowest BCUT2D eigenvalue weighted by atomic mass is 10.1. The Morgan fingerprint density at radius 2 is 2.03 bits per heavy atom. The predicted molar refractivity (Wildman–Crippen MR) is 120 cm³/mol. The number of aliphatic hydroxyl groups excluding tert-OH is 1. The molecule has 1 aliphatic heterocycles. The Labute approximate surface area is 202 Å². The molecule has 3 aromatic rings. The molecular formula is C20H22F4N6O3S2. The SMILES string of the molecule is CC(O)c1ccc(-c2nc(N[C@H]3CCN(S(=O)(=O)c4cnn(C)c4)C[C@H]3F)ncc2C(F)(F)F)s1. The number of alkyl halides is 4. The summed E-state index contributed by atoms with van der Waals surface area (Å²) < 4.78 is 83.5. The summed E-state index contributed by atoms with van der Waals surface area (Å²) in [5, 5.41) is 16.3. The van der Waals surface area contributed by atoms with E-state index in [2.05, 4.69) is 20.4 Å². The molecule has 3 atom stereocenters. The topological polar surface area (TPSA) is 113 Å². The van der Waals surface area contributed by atoms with Gasteiger partial charge in [-0.15, -0.1) is 11.3 Å². The number of sulfonamides is 1. The molecule has 1 fully saturated rings. The fourth-order valence-corrected chi connectivity index (χ4v) is 6.05. The lowest BCUT2D eigenvalue weighted by Crippen LogP contribution is -2.50. The molecule has 1 aliphatic rings. The van der Waals surface area contributed by atoms with Crippen LogP contribution in [-0.4, -0.2) is 62.9 Å². The molecule has 15 heteroatoms. The van der Waals surface area contributed by atoms with Crippen molar-refractivity contribution >= 4 is 27.3 Å². The second-order valence-electron chi connectivity index (χ2n) is 8.10. The molecule has 9 nitrogen and oxygen atoms in total. The summed E-state index contributed by atoms with van der Waals surface area (Å²) in [6, 6.07) is 2.03. The van der Waals surface area contributed by atoms with Gasteiger partial charge in [0.25, 0.3) is 0 Å². The van der Waals surface area contributed by atoms with Gasteiger partial charge in [0, 0.05) is 37.4 Å². The fraction of sp³-hybridized carbons (Fsp3) is 0.450. The third kappa shape index (κ3) is 5.32. The summed E-state index contributed by atoms with van der Waals surface area (Å²) in [7, 11) is -2.37. The third-order valence-corrected chi connectivity index (χ3v) is 8.58. The van der Waals surface area contributed by atoms with Gasteiger partial charge >= 0.3 is 6.18 Å². The van der Waals surface area contributed by atoms with Gasteiger partial charge in [-0.25, -0.2) is 22.8 Å². The van der Waals surface area contributed by atoms with E-state index >= 15 is 0 Å². The van der Waals surface area contributed by atoms with E-state index in [1.54, 1.807) is 7.05 Å². The quantitative estimate of drug-likeness (QED) is 0.467. The van der Waals surface area contributed by atoms with Gasteiger partial charge in [0.05, 0.1) is 28.9 Å². The Morgan fingerprint density at radius 3 is 2.60 bits per heavy atom. The van der Waals surface area contributed by atoms with Crippen LogP contribution in [0.15, 0.2) is 35.6 Å². The molecule has 190 valence electrons. The number of rotatable bonds is 6. The first-order valence-electron chi connectivity index (χ1n) is 10.5. The number of aryl methyl sites for hydroxylation is 1. The number of hydrogen-bond donors (Lipinski definition) is 2. The van der Waals surface area contributed by atoms with Crippen LogP contribution in [0.1, 0.15) is 29.9 Å². The Morgan fingerprint density at radius 1 is 1.29 bits per heavy atom. The first-order chi connectivity index (χ1) is 16.4. The highest BCUT2D eigenvalue weighted by Gasteiger charge is 2.38. The molecular weight excluding hydrogens is 512 g/mol. The normalized spacial score (nSPS) is 20.7. The first-order valence-corrected chi connectivity index (χ1v) is 12.7. The largest absolute Gasteiger partial charge is 0.420 e. The smallest absolute Gasteiger partial charge is 0.388 e. The van der Waals surface area contributed by atoms with E-state index in [0.29, 0.717) is 11.1 Å². The molecule has 4 heterocycles. The van der Waals surface area contributed by atoms with Crippen LogP contribution in [0.3, 0.4) is 0 Å². The van der Waals surface area contributed by atoms with Crippen molar-refractivity contribution in [3.05, 3.63) is 41.2 Å². The van der Waals surface area contributed by atoms with Crippen LogP contribution in [0.4, 0.5) is 23.5 Å². The maximum Gasteiger partial charge on any atom is 0.420 e. The van der Waals surface area contributed by atoms with Crippen molar-refractivity contribution in [3.8, 4) is 10.6 Å². The molecule has 0 spiro atoms. The average Bonchev–Trinajstić information content (AvgIpc) is 3.44. The maximum atomic E-state index is 15.0. The number of anilines is 1. The zero-order valence-electron chi connectivity index (χ0n) is 18.6. The molecule has 3 aromatic heterocycles. The number of nitrogens with zero attached hydrogens (tertiary/aromatic N) is 5. The van der Waals surface area contributed by atoms with Crippen LogP contribution >= 0.6 is 11.3 Å². The Bertz CT molecular complexity index is 1310. The molecule has 0 amide bonds. The predicted octanol–water partition coefficient (Wildman–Crippen LogP) is 3.22. The third-order valence-electron chi connectivity index (χ3n) is 5.50. The number of hydrogen-bond acceptors (Lipinski definition) is 8. The van der Waals surface area contributed by atoms with Crippen molar-refractivity contribution in [2.24, 2.45) is 7.05 Å². The molecule has 1 unspecified atom stereocenters. The summed E-state index contributed by atoms with van der Waals surface area (Å²) >= 11 is 0.960. The molecule has 0 bridgehead atoms. The highest BCUT2D eigenvalue weighted by atomic mass is 32.2. The summed E-state index contributed by atoms with van der Waals surface area (Å²) in [6.07, 6.45) is -4.07. The maximum absolute atomic E-state index is 15.0. The van der Waals surface area contributed by atoms with Crippen LogP contribution in [0.25, 0.3) is 10.6 Å². The van der Waals surface area contributed by atoms with E-state index in [0.717, 1.165) is 15.6 Å². The van der Waals surface area contributed by atoms with E-state index in [1.165, 1.54) is 36.1 Å². The minimum atomic E-state index is -4.72. The highest BCUT2D eigenvalue weighted by molar-refractivity contribution is 7.89. The van der Waals surface area contributed by atoms with Crippen LogP contribution < -0.4 is 5.32 Å². The summed E-state index contributed by atoms with van der Waals surface area (Å²) in [4.78, 5) is 8.31.